The second kappa shape index (κ2) is 8.54. The average molecular weight is 423 g/mol. The minimum atomic E-state index is -3.35. The smallest absolute Gasteiger partial charge is 0.254 e. The zero-order valence-corrected chi connectivity index (χ0v) is 17.2. The van der Waals surface area contributed by atoms with Gasteiger partial charge >= 0.3 is 0 Å². The number of aryl methyl sites for hydroxylation is 1. The van der Waals surface area contributed by atoms with Crippen LogP contribution in [0.4, 0.5) is 8.78 Å². The van der Waals surface area contributed by atoms with Gasteiger partial charge in [-0.3, -0.25) is 9.78 Å². The van der Waals surface area contributed by atoms with Gasteiger partial charge in [0.1, 0.15) is 0 Å². The lowest BCUT2D eigenvalue weighted by molar-refractivity contribution is 0.0733. The third-order valence-electron chi connectivity index (χ3n) is 4.99. The molecule has 1 aliphatic heterocycles. The zero-order chi connectivity index (χ0) is 21.2. The Morgan fingerprint density at radius 2 is 2.03 bits per heavy atom. The van der Waals surface area contributed by atoms with Crippen LogP contribution in [-0.2, 0) is 29.5 Å². The van der Waals surface area contributed by atoms with E-state index < -0.39 is 21.7 Å². The Balaban J connectivity index is 1.80. The predicted molar refractivity (Wildman–Crippen MR) is 105 cm³/mol. The molecule has 0 atom stereocenters. The molecule has 0 bridgehead atoms. The van der Waals surface area contributed by atoms with Gasteiger partial charge in [-0.25, -0.2) is 21.9 Å². The lowest BCUT2D eigenvalue weighted by Crippen LogP contribution is -2.37. The zero-order valence-electron chi connectivity index (χ0n) is 16.3. The molecule has 0 saturated carbocycles. The average Bonchev–Trinajstić information content (AvgIpc) is 2.68. The van der Waals surface area contributed by atoms with Crippen LogP contribution in [0.25, 0.3) is 0 Å². The number of hydrogen-bond acceptors (Lipinski definition) is 4. The van der Waals surface area contributed by atoms with Gasteiger partial charge in [0.05, 0.1) is 5.75 Å². The Morgan fingerprint density at radius 1 is 1.28 bits per heavy atom. The summed E-state index contributed by atoms with van der Waals surface area (Å²) in [4.78, 5) is 18.6. The lowest BCUT2D eigenvalue weighted by atomic mass is 9.94. The Hall–Kier alpha value is -2.39. The normalized spacial score (nSPS) is 14.0. The number of rotatable bonds is 6. The third kappa shape index (κ3) is 4.79. The maximum atomic E-state index is 13.5. The van der Waals surface area contributed by atoms with Gasteiger partial charge in [0.15, 0.2) is 11.6 Å². The van der Waals surface area contributed by atoms with Crippen molar-refractivity contribution in [2.45, 2.75) is 39.8 Å². The van der Waals surface area contributed by atoms with Crippen molar-refractivity contribution in [1.82, 2.24) is 14.6 Å². The summed E-state index contributed by atoms with van der Waals surface area (Å²) in [7, 11) is -3.35. The number of pyridine rings is 1. The van der Waals surface area contributed by atoms with Gasteiger partial charge < -0.3 is 4.90 Å². The van der Waals surface area contributed by atoms with Crippen molar-refractivity contribution in [3.8, 4) is 0 Å². The molecule has 29 heavy (non-hydrogen) atoms. The molecule has 0 unspecified atom stereocenters. The predicted octanol–water partition coefficient (Wildman–Crippen LogP) is 2.70. The molecule has 0 fully saturated rings. The molecule has 6 nitrogen and oxygen atoms in total. The topological polar surface area (TPSA) is 79.4 Å². The number of aromatic nitrogens is 1. The summed E-state index contributed by atoms with van der Waals surface area (Å²) in [6.45, 7) is 4.44. The number of hydrogen-bond donors (Lipinski definition) is 1. The molecule has 2 heterocycles. The highest BCUT2D eigenvalue weighted by molar-refractivity contribution is 7.89. The second-order valence-corrected chi connectivity index (χ2v) is 9.00. The molecule has 0 radical (unpaired) electrons. The highest BCUT2D eigenvalue weighted by Crippen LogP contribution is 2.25. The molecule has 156 valence electrons. The molecule has 1 aliphatic rings. The van der Waals surface area contributed by atoms with Crippen molar-refractivity contribution in [1.29, 1.82) is 0 Å². The van der Waals surface area contributed by atoms with Gasteiger partial charge in [0.2, 0.25) is 10.0 Å². The van der Waals surface area contributed by atoms with Crippen LogP contribution < -0.4 is 4.72 Å². The number of amides is 1. The highest BCUT2D eigenvalue weighted by Gasteiger charge is 2.25. The van der Waals surface area contributed by atoms with Crippen molar-refractivity contribution in [2.75, 3.05) is 12.3 Å². The van der Waals surface area contributed by atoms with Crippen molar-refractivity contribution >= 4 is 15.9 Å². The third-order valence-corrected chi connectivity index (χ3v) is 6.52. The van der Waals surface area contributed by atoms with E-state index in [-0.39, 0.29) is 30.3 Å². The van der Waals surface area contributed by atoms with Crippen molar-refractivity contribution < 1.29 is 22.0 Å². The van der Waals surface area contributed by atoms with E-state index in [0.717, 1.165) is 34.5 Å². The first-order chi connectivity index (χ1) is 13.7. The number of nitrogens with zero attached hydrogens (tertiary/aromatic N) is 2. The van der Waals surface area contributed by atoms with Crippen molar-refractivity contribution in [3.05, 3.63) is 64.0 Å². The molecule has 9 heteroatoms. The number of sulfonamides is 1. The van der Waals surface area contributed by atoms with Crippen LogP contribution in [0.15, 0.2) is 24.4 Å². The molecule has 2 aromatic rings. The van der Waals surface area contributed by atoms with Gasteiger partial charge in [0, 0.05) is 37.1 Å². The first-order valence-electron chi connectivity index (χ1n) is 9.39. The summed E-state index contributed by atoms with van der Waals surface area (Å²) >= 11 is 0. The van der Waals surface area contributed by atoms with Crippen LogP contribution in [0, 0.1) is 18.6 Å². The monoisotopic (exact) mass is 423 g/mol. The van der Waals surface area contributed by atoms with Crippen LogP contribution in [0.3, 0.4) is 0 Å². The fraction of sp³-hybridized carbons (Fsp3) is 0.400. The summed E-state index contributed by atoms with van der Waals surface area (Å²) in [5, 5.41) is 0. The van der Waals surface area contributed by atoms with E-state index in [9.17, 15) is 22.0 Å². The molecule has 1 aromatic heterocycles. The largest absolute Gasteiger partial charge is 0.334 e. The van der Waals surface area contributed by atoms with E-state index in [0.29, 0.717) is 19.4 Å². The van der Waals surface area contributed by atoms with E-state index in [4.69, 9.17) is 0 Å². The Kier molecular flexibility index (Phi) is 6.28. The standard InChI is InChI=1S/C20H23F2N3O3S/c1-3-8-29(27,28)24-11-17-13(2)23-10-15-12-25(7-6-16(15)17)20(26)14-4-5-18(21)19(22)9-14/h4-5,9-10,24H,3,6-8,11-12H2,1-2H3. The Morgan fingerprint density at radius 3 is 2.72 bits per heavy atom. The first kappa shape index (κ1) is 21.3. The number of nitrogens with one attached hydrogen (secondary N) is 1. The summed E-state index contributed by atoms with van der Waals surface area (Å²) in [6, 6.07) is 3.10. The highest BCUT2D eigenvalue weighted by atomic mass is 32.2. The van der Waals surface area contributed by atoms with Gasteiger partial charge in [-0.2, -0.15) is 0 Å². The molecule has 1 amide bonds. The van der Waals surface area contributed by atoms with Crippen LogP contribution in [0.2, 0.25) is 0 Å². The number of carbonyl (C=O) groups is 1. The number of carbonyl (C=O) groups excluding carboxylic acids is 1. The van der Waals surface area contributed by atoms with E-state index in [1.807, 2.05) is 6.92 Å². The Labute approximate surface area is 169 Å². The SMILES string of the molecule is CCCS(=O)(=O)NCc1c(C)ncc2c1CCN(C(=O)c1ccc(F)c(F)c1)C2. The fourth-order valence-electron chi connectivity index (χ4n) is 3.46. The maximum Gasteiger partial charge on any atom is 0.254 e. The molecule has 3 rings (SSSR count). The van der Waals surface area contributed by atoms with Gasteiger partial charge in [-0.05, 0) is 54.7 Å². The molecule has 1 aromatic carbocycles. The summed E-state index contributed by atoms with van der Waals surface area (Å²) in [6.07, 6.45) is 2.73. The first-order valence-corrected chi connectivity index (χ1v) is 11.0. The van der Waals surface area contributed by atoms with Gasteiger partial charge in [0.25, 0.3) is 5.91 Å². The van der Waals surface area contributed by atoms with Crippen LogP contribution in [0.5, 0.6) is 0 Å². The minimum absolute atomic E-state index is 0.0605. The molecular formula is C20H23F2N3O3S. The van der Waals surface area contributed by atoms with E-state index in [1.165, 1.54) is 6.07 Å². The fourth-order valence-corrected chi connectivity index (χ4v) is 4.51. The van der Waals surface area contributed by atoms with Gasteiger partial charge in [-0.15, -0.1) is 0 Å². The Bertz CT molecular complexity index is 1040. The van der Waals surface area contributed by atoms with E-state index >= 15 is 0 Å². The summed E-state index contributed by atoms with van der Waals surface area (Å²) in [5.74, 6) is -2.39. The van der Waals surface area contributed by atoms with E-state index in [2.05, 4.69) is 9.71 Å². The molecule has 0 spiro atoms. The summed E-state index contributed by atoms with van der Waals surface area (Å²) in [5.41, 5.74) is 3.44. The lowest BCUT2D eigenvalue weighted by Gasteiger charge is -2.30. The van der Waals surface area contributed by atoms with Gasteiger partial charge in [-0.1, -0.05) is 6.92 Å². The quantitative estimate of drug-likeness (QED) is 0.775. The maximum absolute atomic E-state index is 13.5. The number of benzene rings is 1. The molecule has 0 aliphatic carbocycles. The van der Waals surface area contributed by atoms with E-state index in [1.54, 1.807) is 18.0 Å². The second-order valence-electron chi connectivity index (χ2n) is 7.07. The van der Waals surface area contributed by atoms with Crippen molar-refractivity contribution in [2.24, 2.45) is 0 Å². The molecular weight excluding hydrogens is 400 g/mol. The summed E-state index contributed by atoms with van der Waals surface area (Å²) < 4.78 is 53.2. The van der Waals surface area contributed by atoms with Crippen molar-refractivity contribution in [3.63, 3.8) is 0 Å². The minimum Gasteiger partial charge on any atom is -0.334 e. The number of halogens is 2. The molecule has 0 saturated heterocycles. The van der Waals surface area contributed by atoms with Crippen LogP contribution in [-0.4, -0.2) is 36.5 Å². The number of fused-ring (bicyclic) bond motifs is 1. The molecule has 1 N–H and O–H groups in total. The van der Waals surface area contributed by atoms with Crippen LogP contribution in [0.1, 0.15) is 46.1 Å². The van der Waals surface area contributed by atoms with Crippen LogP contribution >= 0.6 is 0 Å².